The summed E-state index contributed by atoms with van der Waals surface area (Å²) < 4.78 is 17.8. The molecule has 2 N–H and O–H groups in total. The highest BCUT2D eigenvalue weighted by molar-refractivity contribution is 6.55. The molecule has 0 radical (unpaired) electrons. The van der Waals surface area contributed by atoms with E-state index < -0.39 is 7.12 Å². The van der Waals surface area contributed by atoms with Crippen molar-refractivity contribution in [2.45, 2.75) is 38.9 Å². The van der Waals surface area contributed by atoms with Crippen molar-refractivity contribution < 1.29 is 18.8 Å². The average Bonchev–Trinajstić information content (AvgIpc) is 2.75. The molecule has 7 heteroatoms. The molecule has 0 spiro atoms. The molecule has 2 aliphatic heterocycles. The van der Waals surface area contributed by atoms with Crippen molar-refractivity contribution in [3.63, 3.8) is 0 Å². The minimum atomic E-state index is -0.408. The Morgan fingerprint density at radius 1 is 1.28 bits per heavy atom. The average molecular weight is 344 g/mol. The van der Waals surface area contributed by atoms with E-state index in [0.29, 0.717) is 18.0 Å². The van der Waals surface area contributed by atoms with Gasteiger partial charge in [-0.15, -0.1) is 0 Å². The molecule has 1 fully saturated rings. The largest absolute Gasteiger partial charge is 0.491 e. The van der Waals surface area contributed by atoms with Crippen LogP contribution in [0.15, 0.2) is 23.7 Å². The quantitative estimate of drug-likeness (QED) is 0.820. The van der Waals surface area contributed by atoms with Gasteiger partial charge in [-0.05, 0) is 57.9 Å². The van der Waals surface area contributed by atoms with Crippen molar-refractivity contribution in [2.24, 2.45) is 0 Å². The SMILES string of the molecule is CNCC(=Cc1ccc2c(c1)OCC(=O)N2)B1OC(C)(C)C(C)(C)O1. The summed E-state index contributed by atoms with van der Waals surface area (Å²) in [6.45, 7) is 8.85. The second-order valence-corrected chi connectivity index (χ2v) is 7.43. The second kappa shape index (κ2) is 6.48. The Morgan fingerprint density at radius 2 is 1.96 bits per heavy atom. The van der Waals surface area contributed by atoms with Crippen molar-refractivity contribution in [3.05, 3.63) is 29.2 Å². The lowest BCUT2D eigenvalue weighted by molar-refractivity contribution is -0.118. The maximum Gasteiger partial charge on any atom is 0.491 e. The summed E-state index contributed by atoms with van der Waals surface area (Å²) in [5.74, 6) is 0.537. The van der Waals surface area contributed by atoms with Gasteiger partial charge in [-0.1, -0.05) is 12.1 Å². The Balaban J connectivity index is 1.87. The number of benzene rings is 1. The number of fused-ring (bicyclic) bond motifs is 1. The highest BCUT2D eigenvalue weighted by atomic mass is 16.7. The Labute approximate surface area is 149 Å². The fourth-order valence-electron chi connectivity index (χ4n) is 2.80. The number of nitrogens with one attached hydrogen (secondary N) is 2. The topological polar surface area (TPSA) is 68.8 Å². The van der Waals surface area contributed by atoms with Crippen LogP contribution in [0.2, 0.25) is 0 Å². The van der Waals surface area contributed by atoms with Crippen LogP contribution in [0.5, 0.6) is 5.75 Å². The fraction of sp³-hybridized carbons (Fsp3) is 0.500. The summed E-state index contributed by atoms with van der Waals surface area (Å²) in [6.07, 6.45) is 2.04. The third-order valence-corrected chi connectivity index (χ3v) is 4.93. The smallest absolute Gasteiger partial charge is 0.482 e. The molecule has 134 valence electrons. The first-order valence-electron chi connectivity index (χ1n) is 8.49. The van der Waals surface area contributed by atoms with Gasteiger partial charge in [0.1, 0.15) is 5.75 Å². The number of amides is 1. The second-order valence-electron chi connectivity index (χ2n) is 7.43. The van der Waals surface area contributed by atoms with Crippen molar-refractivity contribution in [2.75, 3.05) is 25.5 Å². The first-order chi connectivity index (χ1) is 11.7. The van der Waals surface area contributed by atoms with Crippen LogP contribution < -0.4 is 15.4 Å². The van der Waals surface area contributed by atoms with E-state index in [1.807, 2.05) is 59.0 Å². The van der Waals surface area contributed by atoms with Gasteiger partial charge < -0.3 is 24.7 Å². The van der Waals surface area contributed by atoms with Gasteiger partial charge in [0.05, 0.1) is 16.9 Å². The van der Waals surface area contributed by atoms with Crippen molar-refractivity contribution in [3.8, 4) is 5.75 Å². The van der Waals surface area contributed by atoms with Crippen LogP contribution in [-0.2, 0) is 14.1 Å². The third kappa shape index (κ3) is 3.59. The van der Waals surface area contributed by atoms with E-state index in [1.54, 1.807) is 0 Å². The maximum atomic E-state index is 11.4. The van der Waals surface area contributed by atoms with Crippen molar-refractivity contribution in [1.29, 1.82) is 0 Å². The highest BCUT2D eigenvalue weighted by Crippen LogP contribution is 2.39. The molecule has 2 heterocycles. The molecule has 0 saturated carbocycles. The van der Waals surface area contributed by atoms with Gasteiger partial charge in [0, 0.05) is 6.54 Å². The van der Waals surface area contributed by atoms with Crippen LogP contribution in [0.25, 0.3) is 6.08 Å². The molecular weight excluding hydrogens is 319 g/mol. The van der Waals surface area contributed by atoms with Gasteiger partial charge in [-0.2, -0.15) is 0 Å². The highest BCUT2D eigenvalue weighted by Gasteiger charge is 2.52. The van der Waals surface area contributed by atoms with Crippen LogP contribution in [0.1, 0.15) is 33.3 Å². The van der Waals surface area contributed by atoms with E-state index in [0.717, 1.165) is 11.0 Å². The van der Waals surface area contributed by atoms with E-state index in [9.17, 15) is 4.79 Å². The lowest BCUT2D eigenvalue weighted by Gasteiger charge is -2.32. The molecule has 0 unspecified atom stereocenters. The standard InChI is InChI=1S/C18H25BN2O4/c1-17(2)18(3,4)25-19(24-17)13(10-20-5)8-12-6-7-14-15(9-12)23-11-16(22)21-14/h6-9,20H,10-11H2,1-5H3,(H,21,22). The Bertz CT molecular complexity index is 699. The lowest BCUT2D eigenvalue weighted by atomic mass is 9.77. The van der Waals surface area contributed by atoms with Gasteiger partial charge in [0.15, 0.2) is 6.61 Å². The van der Waals surface area contributed by atoms with E-state index >= 15 is 0 Å². The molecule has 1 amide bonds. The summed E-state index contributed by atoms with van der Waals surface area (Å²) in [5, 5.41) is 5.97. The number of likely N-dealkylation sites (N-methyl/N-ethyl adjacent to an activating group) is 1. The fourth-order valence-corrected chi connectivity index (χ4v) is 2.80. The molecule has 1 aromatic carbocycles. The number of ether oxygens (including phenoxy) is 1. The first-order valence-corrected chi connectivity index (χ1v) is 8.49. The summed E-state index contributed by atoms with van der Waals surface area (Å²) in [6, 6.07) is 5.70. The van der Waals surface area contributed by atoms with E-state index in [-0.39, 0.29) is 23.7 Å². The van der Waals surface area contributed by atoms with E-state index in [4.69, 9.17) is 14.0 Å². The molecular formula is C18H25BN2O4. The number of hydrogen-bond acceptors (Lipinski definition) is 5. The van der Waals surface area contributed by atoms with Crippen molar-refractivity contribution >= 4 is 24.8 Å². The Hall–Kier alpha value is -1.83. The predicted octanol–water partition coefficient (Wildman–Crippen LogP) is 2.25. The Kier molecular flexibility index (Phi) is 4.66. The zero-order valence-corrected chi connectivity index (χ0v) is 15.4. The van der Waals surface area contributed by atoms with Gasteiger partial charge in [0.2, 0.25) is 0 Å². The molecule has 1 aromatic rings. The minimum Gasteiger partial charge on any atom is -0.482 e. The normalized spacial score (nSPS) is 21.6. The zero-order chi connectivity index (χ0) is 18.2. The van der Waals surface area contributed by atoms with Crippen LogP contribution >= 0.6 is 0 Å². The molecule has 0 aliphatic carbocycles. The lowest BCUT2D eigenvalue weighted by Crippen LogP contribution is -2.41. The predicted molar refractivity (Wildman–Crippen MR) is 98.6 cm³/mol. The number of anilines is 1. The van der Waals surface area contributed by atoms with Crippen LogP contribution in [-0.4, -0.2) is 44.4 Å². The molecule has 6 nitrogen and oxygen atoms in total. The number of carbonyl (C=O) groups is 1. The summed E-state index contributed by atoms with van der Waals surface area (Å²) in [7, 11) is 1.49. The summed E-state index contributed by atoms with van der Waals surface area (Å²) >= 11 is 0. The molecule has 0 aromatic heterocycles. The summed E-state index contributed by atoms with van der Waals surface area (Å²) in [5.41, 5.74) is 1.90. The molecule has 25 heavy (non-hydrogen) atoms. The third-order valence-electron chi connectivity index (χ3n) is 4.93. The monoisotopic (exact) mass is 344 g/mol. The molecule has 1 saturated heterocycles. The first kappa shape index (κ1) is 18.0. The van der Waals surface area contributed by atoms with E-state index in [1.165, 1.54) is 0 Å². The molecule has 3 rings (SSSR count). The van der Waals surface area contributed by atoms with Gasteiger partial charge >= 0.3 is 7.12 Å². The number of carbonyl (C=O) groups excluding carboxylic acids is 1. The number of rotatable bonds is 4. The molecule has 0 atom stereocenters. The zero-order valence-electron chi connectivity index (χ0n) is 15.4. The van der Waals surface area contributed by atoms with Gasteiger partial charge in [0.25, 0.3) is 5.91 Å². The van der Waals surface area contributed by atoms with Crippen LogP contribution in [0, 0.1) is 0 Å². The van der Waals surface area contributed by atoms with Crippen LogP contribution in [0.4, 0.5) is 5.69 Å². The van der Waals surface area contributed by atoms with Gasteiger partial charge in [-0.3, -0.25) is 4.79 Å². The van der Waals surface area contributed by atoms with E-state index in [2.05, 4.69) is 10.6 Å². The number of hydrogen-bond donors (Lipinski definition) is 2. The summed E-state index contributed by atoms with van der Waals surface area (Å²) in [4.78, 5) is 11.4. The molecule has 2 aliphatic rings. The van der Waals surface area contributed by atoms with Gasteiger partial charge in [-0.25, -0.2) is 0 Å². The van der Waals surface area contributed by atoms with Crippen molar-refractivity contribution in [1.82, 2.24) is 5.32 Å². The minimum absolute atomic E-state index is 0.0424. The maximum absolute atomic E-state index is 11.4. The molecule has 0 bridgehead atoms. The Morgan fingerprint density at radius 3 is 2.60 bits per heavy atom. The van der Waals surface area contributed by atoms with Crippen LogP contribution in [0.3, 0.4) is 0 Å².